The number of rotatable bonds is 12. The summed E-state index contributed by atoms with van der Waals surface area (Å²) in [6.07, 6.45) is 0.835. The number of likely N-dealkylation sites (tertiary alicyclic amines) is 1. The van der Waals surface area contributed by atoms with Gasteiger partial charge in [0, 0.05) is 12.6 Å². The van der Waals surface area contributed by atoms with Crippen LogP contribution in [0.5, 0.6) is 0 Å². The molecule has 33 heavy (non-hydrogen) atoms. The van der Waals surface area contributed by atoms with Crippen LogP contribution in [-0.2, 0) is 20.8 Å². The Balaban J connectivity index is 2.22. The van der Waals surface area contributed by atoms with Crippen LogP contribution in [0.25, 0.3) is 0 Å². The highest BCUT2D eigenvalue weighted by atomic mass is 16.5. The fraction of sp³-hybridized carbons (Fsp3) is 0.625. The molecule has 0 aliphatic carbocycles. The van der Waals surface area contributed by atoms with Crippen molar-refractivity contribution >= 4 is 17.5 Å². The molecular formula is C24H35N3O6. The normalized spacial score (nSPS) is 18.4. The van der Waals surface area contributed by atoms with Crippen LogP contribution in [0.15, 0.2) is 35.5 Å². The molecule has 0 spiro atoms. The van der Waals surface area contributed by atoms with Crippen molar-refractivity contribution in [2.45, 2.75) is 83.3 Å². The number of benzene rings is 1. The number of carbonyl (C=O) groups is 3. The summed E-state index contributed by atoms with van der Waals surface area (Å²) in [4.78, 5) is 52.7. The van der Waals surface area contributed by atoms with E-state index in [4.69, 9.17) is 0 Å². The zero-order chi connectivity index (χ0) is 24.8. The van der Waals surface area contributed by atoms with Crippen LogP contribution in [0.1, 0.15) is 52.5 Å². The van der Waals surface area contributed by atoms with E-state index >= 15 is 0 Å². The topological polar surface area (TPSA) is 128 Å². The van der Waals surface area contributed by atoms with Crippen molar-refractivity contribution < 1.29 is 24.6 Å². The van der Waals surface area contributed by atoms with Gasteiger partial charge in [-0.1, -0.05) is 35.5 Å². The molecular weight excluding hydrogens is 426 g/mol. The Labute approximate surface area is 194 Å². The van der Waals surface area contributed by atoms with Gasteiger partial charge in [-0.3, -0.25) is 19.3 Å². The van der Waals surface area contributed by atoms with Crippen LogP contribution in [0.4, 0.5) is 0 Å². The van der Waals surface area contributed by atoms with Gasteiger partial charge in [0.1, 0.15) is 0 Å². The van der Waals surface area contributed by atoms with Gasteiger partial charge in [-0.25, -0.2) is 0 Å². The van der Waals surface area contributed by atoms with Crippen LogP contribution >= 0.6 is 0 Å². The summed E-state index contributed by atoms with van der Waals surface area (Å²) in [5, 5.41) is 22.1. The van der Waals surface area contributed by atoms with Gasteiger partial charge in [-0.05, 0) is 58.9 Å². The molecule has 0 aromatic heterocycles. The van der Waals surface area contributed by atoms with E-state index in [1.807, 2.05) is 37.3 Å². The van der Waals surface area contributed by atoms with Crippen molar-refractivity contribution in [3.8, 4) is 0 Å². The second-order valence-electron chi connectivity index (χ2n) is 9.28. The number of aliphatic hydroxyl groups is 2. The van der Waals surface area contributed by atoms with E-state index in [0.717, 1.165) is 5.56 Å². The lowest BCUT2D eigenvalue weighted by atomic mass is 9.96. The zero-order valence-electron chi connectivity index (χ0n) is 19.8. The number of aryl methyl sites for hydroxylation is 1. The van der Waals surface area contributed by atoms with E-state index in [2.05, 4.69) is 5.18 Å². The predicted octanol–water partition coefficient (Wildman–Crippen LogP) is 1.68. The third kappa shape index (κ3) is 6.75. The van der Waals surface area contributed by atoms with E-state index in [1.54, 1.807) is 11.8 Å². The molecule has 0 saturated carbocycles. The number of carbonyl (C=O) groups excluding carboxylic acids is 3. The first-order valence-electron chi connectivity index (χ1n) is 11.4. The van der Waals surface area contributed by atoms with E-state index < -0.39 is 35.5 Å². The molecule has 9 heteroatoms. The molecule has 9 nitrogen and oxygen atoms in total. The average Bonchev–Trinajstić information content (AvgIpc) is 3.30. The van der Waals surface area contributed by atoms with E-state index in [0.29, 0.717) is 32.2 Å². The maximum absolute atomic E-state index is 13.3. The number of Topliss-reactive ketones (excluding diaryl/α,β-unsaturated/α-hetero) is 2. The second-order valence-corrected chi connectivity index (χ2v) is 9.28. The first-order valence-corrected chi connectivity index (χ1v) is 11.4. The highest BCUT2D eigenvalue weighted by molar-refractivity contribution is 6.41. The van der Waals surface area contributed by atoms with Crippen LogP contribution in [-0.4, -0.2) is 80.5 Å². The van der Waals surface area contributed by atoms with Crippen LogP contribution in [0.3, 0.4) is 0 Å². The van der Waals surface area contributed by atoms with Gasteiger partial charge in [0.15, 0.2) is 11.8 Å². The van der Waals surface area contributed by atoms with Crippen molar-refractivity contribution in [3.63, 3.8) is 0 Å². The number of nitrogens with zero attached hydrogens (tertiary/aromatic N) is 3. The van der Waals surface area contributed by atoms with Crippen molar-refractivity contribution in [1.82, 2.24) is 9.80 Å². The Bertz CT molecular complexity index is 842. The number of hydrogen-bond donors (Lipinski definition) is 2. The maximum atomic E-state index is 13.3. The molecule has 182 valence electrons. The number of ketones is 2. The van der Waals surface area contributed by atoms with Gasteiger partial charge in [0.2, 0.25) is 17.5 Å². The minimum absolute atomic E-state index is 0.242. The minimum Gasteiger partial charge on any atom is -0.366 e. The molecule has 0 bridgehead atoms. The quantitative estimate of drug-likeness (QED) is 0.275. The largest absolute Gasteiger partial charge is 0.366 e. The molecule has 3 atom stereocenters. The first-order chi connectivity index (χ1) is 15.5. The van der Waals surface area contributed by atoms with Crippen LogP contribution in [0, 0.1) is 4.91 Å². The highest BCUT2D eigenvalue weighted by Gasteiger charge is 2.40. The van der Waals surface area contributed by atoms with Crippen molar-refractivity contribution in [2.75, 3.05) is 13.1 Å². The summed E-state index contributed by atoms with van der Waals surface area (Å²) in [7, 11) is 0. The summed E-state index contributed by atoms with van der Waals surface area (Å²) >= 11 is 0. The summed E-state index contributed by atoms with van der Waals surface area (Å²) in [6.45, 7) is 6.18. The predicted molar refractivity (Wildman–Crippen MR) is 123 cm³/mol. The van der Waals surface area contributed by atoms with Gasteiger partial charge in [-0.15, -0.1) is 4.91 Å². The molecule has 3 unspecified atom stereocenters. The number of aliphatic hydroxyl groups excluding tert-OH is 1. The number of nitroso groups, excluding NO2 is 1. The zero-order valence-corrected chi connectivity index (χ0v) is 19.8. The Morgan fingerprint density at radius 1 is 1.18 bits per heavy atom. The fourth-order valence-electron chi connectivity index (χ4n) is 4.24. The summed E-state index contributed by atoms with van der Waals surface area (Å²) in [5.41, 5.74) is -0.565. The van der Waals surface area contributed by atoms with Crippen molar-refractivity contribution in [2.24, 2.45) is 5.18 Å². The standard InChI is InChI=1S/C24H35N3O6/c1-16(12-13-18-9-6-5-7-10-18)27(15-20(28)21(29)24(3,4)25-33)17(2)22(30)26-14-8-11-19(26)23(31)32/h5-7,9-10,16-17,19,23,31-32H,8,11-15H2,1-4H3. The fourth-order valence-corrected chi connectivity index (χ4v) is 4.24. The molecule has 1 aromatic carbocycles. The highest BCUT2D eigenvalue weighted by Crippen LogP contribution is 2.23. The van der Waals surface area contributed by atoms with E-state index in [1.165, 1.54) is 18.7 Å². The third-order valence-corrected chi connectivity index (χ3v) is 6.40. The van der Waals surface area contributed by atoms with Crippen molar-refractivity contribution in [3.05, 3.63) is 40.8 Å². The molecule has 1 saturated heterocycles. The lowest BCUT2D eigenvalue weighted by Gasteiger charge is -2.37. The monoisotopic (exact) mass is 461 g/mol. The van der Waals surface area contributed by atoms with Gasteiger partial charge >= 0.3 is 0 Å². The second kappa shape index (κ2) is 11.6. The molecule has 1 aliphatic heterocycles. The molecule has 1 amide bonds. The average molecular weight is 462 g/mol. The van der Waals surface area contributed by atoms with Crippen LogP contribution < -0.4 is 0 Å². The number of hydrogen-bond acceptors (Lipinski definition) is 8. The lowest BCUT2D eigenvalue weighted by Crippen LogP contribution is -2.55. The molecule has 1 heterocycles. The molecule has 2 N–H and O–H groups in total. The maximum Gasteiger partial charge on any atom is 0.240 e. The van der Waals surface area contributed by atoms with Gasteiger partial charge in [-0.2, -0.15) is 0 Å². The Morgan fingerprint density at radius 2 is 1.82 bits per heavy atom. The van der Waals surface area contributed by atoms with Crippen molar-refractivity contribution in [1.29, 1.82) is 0 Å². The molecule has 0 radical (unpaired) electrons. The minimum atomic E-state index is -1.68. The lowest BCUT2D eigenvalue weighted by molar-refractivity contribution is -0.150. The summed E-state index contributed by atoms with van der Waals surface area (Å²) in [5.74, 6) is -2.02. The Morgan fingerprint density at radius 3 is 2.39 bits per heavy atom. The first kappa shape index (κ1) is 26.8. The third-order valence-electron chi connectivity index (χ3n) is 6.40. The van der Waals surface area contributed by atoms with Crippen LogP contribution in [0.2, 0.25) is 0 Å². The molecule has 2 rings (SSSR count). The molecule has 1 aliphatic rings. The number of amides is 1. The smallest absolute Gasteiger partial charge is 0.240 e. The molecule has 1 aromatic rings. The Kier molecular flexibility index (Phi) is 9.39. The molecule has 1 fully saturated rings. The Hall–Kier alpha value is -2.49. The van der Waals surface area contributed by atoms with E-state index in [9.17, 15) is 29.5 Å². The SMILES string of the molecule is CC(CCc1ccccc1)N(CC(=O)C(=O)C(C)(C)N=O)C(C)C(=O)N1CCCC1C(O)O. The summed E-state index contributed by atoms with van der Waals surface area (Å²) in [6, 6.07) is 8.08. The van der Waals surface area contributed by atoms with Gasteiger partial charge < -0.3 is 15.1 Å². The van der Waals surface area contributed by atoms with E-state index in [-0.39, 0.29) is 18.5 Å². The van der Waals surface area contributed by atoms with Gasteiger partial charge in [0.05, 0.1) is 18.6 Å². The summed E-state index contributed by atoms with van der Waals surface area (Å²) < 4.78 is 0. The van der Waals surface area contributed by atoms with Gasteiger partial charge in [0.25, 0.3) is 0 Å².